The van der Waals surface area contributed by atoms with E-state index < -0.39 is 0 Å². The number of carbonyl (C=O) groups is 1. The highest BCUT2D eigenvalue weighted by Gasteiger charge is 2.47. The first kappa shape index (κ1) is 22.1. The van der Waals surface area contributed by atoms with Crippen LogP contribution in [0.5, 0.6) is 5.75 Å². The van der Waals surface area contributed by atoms with Crippen molar-refractivity contribution in [3.05, 3.63) is 59.1 Å². The molecule has 0 radical (unpaired) electrons. The number of ether oxygens (including phenoxy) is 3. The van der Waals surface area contributed by atoms with Crippen molar-refractivity contribution >= 4 is 23.2 Å². The lowest BCUT2D eigenvalue weighted by atomic mass is 9.85. The van der Waals surface area contributed by atoms with Gasteiger partial charge in [-0.3, -0.25) is 9.69 Å². The Hall–Kier alpha value is -2.12. The van der Waals surface area contributed by atoms with Crippen molar-refractivity contribution in [2.45, 2.75) is 37.6 Å². The lowest BCUT2D eigenvalue weighted by Crippen LogP contribution is -2.57. The number of hydrogen-bond donors (Lipinski definition) is 1. The Labute approximate surface area is 188 Å². The second-order valence-corrected chi connectivity index (χ2v) is 8.59. The number of likely N-dealkylation sites (tertiary alicyclic amines) is 1. The Balaban J connectivity index is 1.36. The number of benzene rings is 2. The fourth-order valence-corrected chi connectivity index (χ4v) is 4.70. The van der Waals surface area contributed by atoms with Crippen LogP contribution in [0.3, 0.4) is 0 Å². The van der Waals surface area contributed by atoms with E-state index in [9.17, 15) is 4.79 Å². The van der Waals surface area contributed by atoms with Crippen LogP contribution in [-0.4, -0.2) is 55.9 Å². The Bertz CT molecular complexity index is 886. The second-order valence-electron chi connectivity index (χ2n) is 8.18. The zero-order valence-electron chi connectivity index (χ0n) is 17.8. The third-order valence-electron chi connectivity index (χ3n) is 6.09. The minimum atomic E-state index is -0.231. The summed E-state index contributed by atoms with van der Waals surface area (Å²) in [5.41, 5.74) is 1.56. The number of nitrogens with zero attached hydrogens (tertiary/aromatic N) is 1. The van der Waals surface area contributed by atoms with E-state index in [0.717, 1.165) is 38.0 Å². The van der Waals surface area contributed by atoms with Gasteiger partial charge in [0.1, 0.15) is 5.75 Å². The fraction of sp³-hybridized carbons (Fsp3) is 0.458. The van der Waals surface area contributed by atoms with Gasteiger partial charge in [0.2, 0.25) is 5.91 Å². The Morgan fingerprint density at radius 3 is 2.81 bits per heavy atom. The summed E-state index contributed by atoms with van der Waals surface area (Å²) in [5.74, 6) is 0.502. The van der Waals surface area contributed by atoms with Gasteiger partial charge in [0, 0.05) is 25.4 Å². The van der Waals surface area contributed by atoms with Gasteiger partial charge in [0.25, 0.3) is 0 Å². The highest BCUT2D eigenvalue weighted by Crippen LogP contribution is 2.38. The summed E-state index contributed by atoms with van der Waals surface area (Å²) in [6.07, 6.45) is 2.88. The van der Waals surface area contributed by atoms with Crippen molar-refractivity contribution in [1.82, 2.24) is 4.90 Å². The molecule has 1 spiro atoms. The van der Waals surface area contributed by atoms with Gasteiger partial charge >= 0.3 is 0 Å². The molecule has 166 valence electrons. The molecule has 2 aromatic rings. The number of rotatable bonds is 7. The number of hydrogen-bond acceptors (Lipinski definition) is 5. The van der Waals surface area contributed by atoms with Gasteiger partial charge in [-0.1, -0.05) is 41.9 Å². The number of carbonyl (C=O) groups excluding carboxylic acids is 1. The van der Waals surface area contributed by atoms with E-state index in [2.05, 4.69) is 22.3 Å². The number of methoxy groups -OCH3 is 1. The largest absolute Gasteiger partial charge is 0.495 e. The number of anilines is 1. The fourth-order valence-electron chi connectivity index (χ4n) is 4.44. The molecule has 0 aliphatic carbocycles. The molecule has 4 rings (SSSR count). The van der Waals surface area contributed by atoms with Gasteiger partial charge in [-0.25, -0.2) is 0 Å². The van der Waals surface area contributed by atoms with Crippen molar-refractivity contribution in [1.29, 1.82) is 0 Å². The lowest BCUT2D eigenvalue weighted by molar-refractivity contribution is -0.159. The summed E-state index contributed by atoms with van der Waals surface area (Å²) in [7, 11) is 1.56. The number of amides is 1. The molecule has 2 fully saturated rings. The normalized spacial score (nSPS) is 23.7. The Morgan fingerprint density at radius 2 is 2.10 bits per heavy atom. The van der Waals surface area contributed by atoms with E-state index in [4.69, 9.17) is 25.8 Å². The lowest BCUT2D eigenvalue weighted by Gasteiger charge is -2.44. The SMILES string of the molecule is COc1ccc(NC(=O)CN2CCC3(CCCO3)C(OCc3ccccc3)C2)cc1Cl. The summed E-state index contributed by atoms with van der Waals surface area (Å²) in [5, 5.41) is 3.39. The van der Waals surface area contributed by atoms with E-state index in [1.165, 1.54) is 0 Å². The molecule has 2 aliphatic heterocycles. The predicted octanol–water partition coefficient (Wildman–Crippen LogP) is 4.13. The summed E-state index contributed by atoms with van der Waals surface area (Å²) in [6.45, 7) is 3.10. The van der Waals surface area contributed by atoms with Crippen molar-refractivity contribution in [2.24, 2.45) is 0 Å². The van der Waals surface area contributed by atoms with Gasteiger partial charge in [-0.05, 0) is 43.0 Å². The van der Waals surface area contributed by atoms with Gasteiger partial charge in [0.15, 0.2) is 0 Å². The first-order valence-electron chi connectivity index (χ1n) is 10.7. The summed E-state index contributed by atoms with van der Waals surface area (Å²) < 4.78 is 17.7. The van der Waals surface area contributed by atoms with Gasteiger partial charge in [0.05, 0.1) is 37.0 Å². The molecule has 2 atom stereocenters. The van der Waals surface area contributed by atoms with Gasteiger partial charge in [-0.15, -0.1) is 0 Å². The quantitative estimate of drug-likeness (QED) is 0.695. The van der Waals surface area contributed by atoms with Crippen molar-refractivity contribution in [3.8, 4) is 5.75 Å². The average molecular weight is 445 g/mol. The minimum Gasteiger partial charge on any atom is -0.495 e. The van der Waals surface area contributed by atoms with Crippen molar-refractivity contribution < 1.29 is 19.0 Å². The summed E-state index contributed by atoms with van der Waals surface area (Å²) in [4.78, 5) is 14.8. The molecule has 0 bridgehead atoms. The third kappa shape index (κ3) is 5.39. The smallest absolute Gasteiger partial charge is 0.238 e. The molecule has 1 N–H and O–H groups in total. The molecule has 2 heterocycles. The molecule has 2 aromatic carbocycles. The van der Waals surface area contributed by atoms with Crippen LogP contribution in [0.2, 0.25) is 5.02 Å². The number of piperidine rings is 1. The zero-order chi connectivity index (χ0) is 21.7. The molecule has 0 aromatic heterocycles. The van der Waals surface area contributed by atoms with E-state index in [0.29, 0.717) is 36.2 Å². The molecular formula is C24H29ClN2O4. The molecule has 2 saturated heterocycles. The molecular weight excluding hydrogens is 416 g/mol. The average Bonchev–Trinajstić information content (AvgIpc) is 3.24. The van der Waals surface area contributed by atoms with E-state index in [1.807, 2.05) is 18.2 Å². The zero-order valence-corrected chi connectivity index (χ0v) is 18.6. The maximum absolute atomic E-state index is 12.6. The van der Waals surface area contributed by atoms with Gasteiger partial charge < -0.3 is 19.5 Å². The molecule has 31 heavy (non-hydrogen) atoms. The van der Waals surface area contributed by atoms with Crippen LogP contribution < -0.4 is 10.1 Å². The van der Waals surface area contributed by atoms with Crippen molar-refractivity contribution in [3.63, 3.8) is 0 Å². The van der Waals surface area contributed by atoms with Crippen LogP contribution in [0.15, 0.2) is 48.5 Å². The maximum Gasteiger partial charge on any atom is 0.238 e. The second kappa shape index (κ2) is 10.0. The summed E-state index contributed by atoms with van der Waals surface area (Å²) >= 11 is 6.16. The standard InChI is InChI=1S/C24H29ClN2O4/c1-29-21-9-8-19(14-20(21)25)26-23(28)16-27-12-11-24(10-5-13-31-24)22(15-27)30-17-18-6-3-2-4-7-18/h2-4,6-9,14,22H,5,10-13,15-17H2,1H3,(H,26,28). The Morgan fingerprint density at radius 1 is 1.26 bits per heavy atom. The third-order valence-corrected chi connectivity index (χ3v) is 6.39. The highest BCUT2D eigenvalue weighted by molar-refractivity contribution is 6.32. The van der Waals surface area contributed by atoms with Crippen LogP contribution in [0.1, 0.15) is 24.8 Å². The Kier molecular flexibility index (Phi) is 7.13. The van der Waals surface area contributed by atoms with Crippen molar-refractivity contribution in [2.75, 3.05) is 38.7 Å². The molecule has 7 heteroatoms. The maximum atomic E-state index is 12.6. The summed E-state index contributed by atoms with van der Waals surface area (Å²) in [6, 6.07) is 15.4. The highest BCUT2D eigenvalue weighted by atomic mass is 35.5. The molecule has 2 unspecified atom stereocenters. The molecule has 6 nitrogen and oxygen atoms in total. The van der Waals surface area contributed by atoms with Crippen LogP contribution >= 0.6 is 11.6 Å². The van der Waals surface area contributed by atoms with E-state index in [1.54, 1.807) is 25.3 Å². The van der Waals surface area contributed by atoms with E-state index in [-0.39, 0.29) is 17.6 Å². The monoisotopic (exact) mass is 444 g/mol. The molecule has 0 saturated carbocycles. The first-order chi connectivity index (χ1) is 15.1. The number of halogens is 1. The molecule has 2 aliphatic rings. The van der Waals surface area contributed by atoms with Crippen LogP contribution in [0.4, 0.5) is 5.69 Å². The molecule has 1 amide bonds. The van der Waals surface area contributed by atoms with Crippen LogP contribution in [0, 0.1) is 0 Å². The minimum absolute atomic E-state index is 0.0628. The van der Waals surface area contributed by atoms with E-state index >= 15 is 0 Å². The number of nitrogens with one attached hydrogen (secondary N) is 1. The topological polar surface area (TPSA) is 60.0 Å². The van der Waals surface area contributed by atoms with Crippen LogP contribution in [-0.2, 0) is 20.9 Å². The van der Waals surface area contributed by atoms with Gasteiger partial charge in [-0.2, -0.15) is 0 Å². The van der Waals surface area contributed by atoms with Crippen LogP contribution in [0.25, 0.3) is 0 Å². The first-order valence-corrected chi connectivity index (χ1v) is 11.1. The predicted molar refractivity (Wildman–Crippen MR) is 121 cm³/mol.